The van der Waals surface area contributed by atoms with E-state index in [1.54, 1.807) is 30.3 Å². The van der Waals surface area contributed by atoms with E-state index in [-0.39, 0.29) is 5.11 Å². The number of hydrogen-bond donors (Lipinski definition) is 3. The molecule has 0 unspecified atom stereocenters. The topological polar surface area (TPSA) is 53.2 Å². The molecular formula is C17H14Br2Cl3N3OS. The lowest BCUT2D eigenvalue weighted by Crippen LogP contribution is -2.56. The Balaban J connectivity index is 2.12. The predicted molar refractivity (Wildman–Crippen MR) is 124 cm³/mol. The van der Waals surface area contributed by atoms with Crippen LogP contribution < -0.4 is 16.0 Å². The zero-order chi connectivity index (χ0) is 20.2. The maximum Gasteiger partial charge on any atom is 0.252 e. The first kappa shape index (κ1) is 22.7. The average Bonchev–Trinajstić information content (AvgIpc) is 2.57. The Bertz CT molecular complexity index is 824. The fourth-order valence-corrected chi connectivity index (χ4v) is 4.26. The maximum absolute atomic E-state index is 12.4. The molecule has 2 rings (SSSR count). The lowest BCUT2D eigenvalue weighted by Gasteiger charge is -2.28. The average molecular weight is 575 g/mol. The second-order valence-electron chi connectivity index (χ2n) is 5.52. The molecule has 2 aromatic rings. The van der Waals surface area contributed by atoms with Crippen LogP contribution in [0.25, 0.3) is 0 Å². The minimum Gasteiger partial charge on any atom is -0.339 e. The SMILES string of the molecule is Cc1cc(Br)c(NC(=S)N[C@@H](NC(=O)c2ccccc2)C(Cl)(Cl)Cl)c(Br)c1. The van der Waals surface area contributed by atoms with Gasteiger partial charge in [0.05, 0.1) is 5.69 Å². The third-order valence-electron chi connectivity index (χ3n) is 3.34. The van der Waals surface area contributed by atoms with Crippen LogP contribution in [0, 0.1) is 6.92 Å². The number of benzene rings is 2. The molecule has 0 spiro atoms. The number of carbonyl (C=O) groups is 1. The number of carbonyl (C=O) groups excluding carboxylic acids is 1. The molecule has 144 valence electrons. The fourth-order valence-electron chi connectivity index (χ4n) is 2.10. The molecule has 1 amide bonds. The Labute approximate surface area is 194 Å². The van der Waals surface area contributed by atoms with Gasteiger partial charge in [-0.25, -0.2) is 0 Å². The highest BCUT2D eigenvalue weighted by molar-refractivity contribution is 9.11. The van der Waals surface area contributed by atoms with Crippen LogP contribution in [0.15, 0.2) is 51.4 Å². The van der Waals surface area contributed by atoms with E-state index in [1.807, 2.05) is 19.1 Å². The summed E-state index contributed by atoms with van der Waals surface area (Å²) < 4.78 is -0.229. The van der Waals surface area contributed by atoms with Crippen LogP contribution in [0.3, 0.4) is 0 Å². The summed E-state index contributed by atoms with van der Waals surface area (Å²) >= 11 is 30.3. The fraction of sp³-hybridized carbons (Fsp3) is 0.176. The number of anilines is 1. The van der Waals surface area contributed by atoms with E-state index in [9.17, 15) is 4.79 Å². The Kier molecular flexibility index (Phi) is 8.21. The zero-order valence-corrected chi connectivity index (χ0v) is 20.1. The number of amides is 1. The van der Waals surface area contributed by atoms with Gasteiger partial charge in [0.1, 0.15) is 6.17 Å². The maximum atomic E-state index is 12.4. The molecule has 10 heteroatoms. The van der Waals surface area contributed by atoms with Crippen LogP contribution in [0.4, 0.5) is 5.69 Å². The second-order valence-corrected chi connectivity index (χ2v) is 10.0. The molecule has 0 fully saturated rings. The standard InChI is InChI=1S/C17H14Br2Cl3N3OS/c1-9-7-11(18)13(12(19)8-9)23-16(27)25-15(17(20,21)22)24-14(26)10-5-3-2-4-6-10/h2-8,15H,1H3,(H,24,26)(H2,23,25,27)/t15-/m1/s1. The van der Waals surface area contributed by atoms with Gasteiger partial charge >= 0.3 is 0 Å². The van der Waals surface area contributed by atoms with Gasteiger partial charge in [0.25, 0.3) is 5.91 Å². The Morgan fingerprint density at radius 1 is 1.07 bits per heavy atom. The summed E-state index contributed by atoms with van der Waals surface area (Å²) in [7, 11) is 0. The van der Waals surface area contributed by atoms with Gasteiger partial charge in [0.2, 0.25) is 3.79 Å². The van der Waals surface area contributed by atoms with Crippen molar-refractivity contribution in [2.75, 3.05) is 5.32 Å². The third-order valence-corrected chi connectivity index (χ3v) is 5.46. The number of nitrogens with one attached hydrogen (secondary N) is 3. The quantitative estimate of drug-likeness (QED) is 0.241. The van der Waals surface area contributed by atoms with Gasteiger partial charge in [0, 0.05) is 14.5 Å². The number of halogens is 5. The van der Waals surface area contributed by atoms with Crippen molar-refractivity contribution in [1.82, 2.24) is 10.6 Å². The normalized spacial score (nSPS) is 12.2. The Morgan fingerprint density at radius 3 is 2.15 bits per heavy atom. The first-order valence-electron chi connectivity index (χ1n) is 7.53. The van der Waals surface area contributed by atoms with Crippen molar-refractivity contribution in [3.05, 3.63) is 62.5 Å². The van der Waals surface area contributed by atoms with Crippen LogP contribution in [0.5, 0.6) is 0 Å². The molecule has 0 aliphatic heterocycles. The van der Waals surface area contributed by atoms with Crippen molar-refractivity contribution in [2.45, 2.75) is 16.9 Å². The Hall–Kier alpha value is -0.570. The van der Waals surface area contributed by atoms with E-state index in [2.05, 4.69) is 47.8 Å². The summed E-state index contributed by atoms with van der Waals surface area (Å²) in [6, 6.07) is 12.5. The molecule has 0 radical (unpaired) electrons. The third kappa shape index (κ3) is 6.76. The molecule has 3 N–H and O–H groups in total. The summed E-state index contributed by atoms with van der Waals surface area (Å²) in [5.41, 5.74) is 2.20. The van der Waals surface area contributed by atoms with Gasteiger partial charge in [-0.2, -0.15) is 0 Å². The lowest BCUT2D eigenvalue weighted by atomic mass is 10.2. The van der Waals surface area contributed by atoms with Crippen molar-refractivity contribution in [1.29, 1.82) is 0 Å². The van der Waals surface area contributed by atoms with Gasteiger partial charge in [-0.1, -0.05) is 53.0 Å². The van der Waals surface area contributed by atoms with Crippen molar-refractivity contribution in [2.24, 2.45) is 0 Å². The van der Waals surface area contributed by atoms with E-state index < -0.39 is 15.9 Å². The first-order valence-corrected chi connectivity index (χ1v) is 10.7. The highest BCUT2D eigenvalue weighted by Crippen LogP contribution is 2.33. The number of hydrogen-bond acceptors (Lipinski definition) is 2. The monoisotopic (exact) mass is 571 g/mol. The van der Waals surface area contributed by atoms with Gasteiger partial charge in [-0.05, 0) is 80.8 Å². The van der Waals surface area contributed by atoms with Gasteiger partial charge in [-0.15, -0.1) is 0 Å². The van der Waals surface area contributed by atoms with Crippen LogP contribution in [0.2, 0.25) is 0 Å². The van der Waals surface area contributed by atoms with Crippen molar-refractivity contribution in [3.63, 3.8) is 0 Å². The summed E-state index contributed by atoms with van der Waals surface area (Å²) in [6.07, 6.45) is -1.06. The number of rotatable bonds is 4. The van der Waals surface area contributed by atoms with Crippen molar-refractivity contribution < 1.29 is 4.79 Å². The Morgan fingerprint density at radius 2 is 1.63 bits per heavy atom. The molecule has 0 aliphatic rings. The lowest BCUT2D eigenvalue weighted by molar-refractivity contribution is 0.0934. The first-order chi connectivity index (χ1) is 12.6. The van der Waals surface area contributed by atoms with E-state index in [4.69, 9.17) is 47.0 Å². The van der Waals surface area contributed by atoms with E-state index in [0.29, 0.717) is 11.3 Å². The predicted octanol–water partition coefficient (Wildman–Crippen LogP) is 5.93. The highest BCUT2D eigenvalue weighted by atomic mass is 79.9. The van der Waals surface area contributed by atoms with E-state index in [1.165, 1.54) is 0 Å². The molecule has 4 nitrogen and oxygen atoms in total. The molecule has 27 heavy (non-hydrogen) atoms. The summed E-state index contributed by atoms with van der Waals surface area (Å²) in [6.45, 7) is 1.97. The second kappa shape index (κ2) is 9.76. The van der Waals surface area contributed by atoms with Crippen LogP contribution in [-0.2, 0) is 0 Å². The highest BCUT2D eigenvalue weighted by Gasteiger charge is 2.35. The minimum absolute atomic E-state index is 0.171. The minimum atomic E-state index is -1.84. The van der Waals surface area contributed by atoms with Crippen LogP contribution in [-0.4, -0.2) is 21.0 Å². The van der Waals surface area contributed by atoms with Crippen LogP contribution >= 0.6 is 78.9 Å². The van der Waals surface area contributed by atoms with Gasteiger partial charge in [0.15, 0.2) is 5.11 Å². The molecule has 2 aromatic carbocycles. The molecule has 1 atom stereocenters. The van der Waals surface area contributed by atoms with Gasteiger partial charge in [-0.3, -0.25) is 4.79 Å². The molecule has 0 saturated carbocycles. The molecule has 0 saturated heterocycles. The largest absolute Gasteiger partial charge is 0.339 e. The molecule has 0 aromatic heterocycles. The summed E-state index contributed by atoms with van der Waals surface area (Å²) in [5.74, 6) is -0.403. The molecule has 0 bridgehead atoms. The molecule has 0 heterocycles. The number of alkyl halides is 3. The van der Waals surface area contributed by atoms with Crippen molar-refractivity contribution in [3.8, 4) is 0 Å². The van der Waals surface area contributed by atoms with E-state index in [0.717, 1.165) is 14.5 Å². The van der Waals surface area contributed by atoms with Crippen LogP contribution in [0.1, 0.15) is 15.9 Å². The number of thiocarbonyl (C=S) groups is 1. The summed E-state index contributed by atoms with van der Waals surface area (Å²) in [5, 5.41) is 8.65. The summed E-state index contributed by atoms with van der Waals surface area (Å²) in [4.78, 5) is 12.4. The smallest absolute Gasteiger partial charge is 0.252 e. The molecule has 0 aliphatic carbocycles. The van der Waals surface area contributed by atoms with E-state index >= 15 is 0 Å². The van der Waals surface area contributed by atoms with Gasteiger partial charge < -0.3 is 16.0 Å². The molecular weight excluding hydrogens is 560 g/mol. The van der Waals surface area contributed by atoms with Crippen molar-refractivity contribution >= 4 is 95.6 Å². The zero-order valence-electron chi connectivity index (χ0n) is 13.8. The number of aryl methyl sites for hydroxylation is 1.